The monoisotopic (exact) mass is 341 g/mol. The van der Waals surface area contributed by atoms with E-state index in [4.69, 9.17) is 0 Å². The molecule has 10 nitrogen and oxygen atoms in total. The van der Waals surface area contributed by atoms with Crippen LogP contribution in [0.4, 0.5) is 11.4 Å². The molecule has 2 aromatic carbocycles. The molecule has 1 amide bonds. The van der Waals surface area contributed by atoms with Crippen molar-refractivity contribution in [3.05, 3.63) is 74.6 Å². The molecule has 0 spiro atoms. The van der Waals surface area contributed by atoms with Crippen LogP contribution in [0.2, 0.25) is 0 Å². The van der Waals surface area contributed by atoms with Crippen LogP contribution in [0.25, 0.3) is 11.0 Å². The number of non-ortho nitro benzene ring substituents is 2. The van der Waals surface area contributed by atoms with E-state index in [1.807, 2.05) is 24.3 Å². The summed E-state index contributed by atoms with van der Waals surface area (Å²) in [5, 5.41) is 24.3. The van der Waals surface area contributed by atoms with E-state index in [0.29, 0.717) is 0 Å². The number of rotatable bonds is 5. The number of fused-ring (bicyclic) bond motifs is 1. The Hall–Kier alpha value is -3.82. The second-order valence-electron chi connectivity index (χ2n) is 5.12. The lowest BCUT2D eigenvalue weighted by molar-refractivity contribution is -0.394. The number of carbonyl (C=O) groups excluding carboxylic acids is 1. The molecule has 1 aromatic heterocycles. The van der Waals surface area contributed by atoms with E-state index in [1.54, 1.807) is 10.9 Å². The summed E-state index contributed by atoms with van der Waals surface area (Å²) in [6.07, 6.45) is 1.54. The molecule has 0 unspecified atom stereocenters. The normalized spacial score (nSPS) is 10.6. The summed E-state index contributed by atoms with van der Waals surface area (Å²) >= 11 is 0. The Labute approximate surface area is 140 Å². The molecule has 3 rings (SSSR count). The minimum Gasteiger partial charge on any atom is -0.334 e. The van der Waals surface area contributed by atoms with E-state index in [-0.39, 0.29) is 12.2 Å². The molecule has 0 atom stereocenters. The number of amides is 1. The lowest BCUT2D eigenvalue weighted by atomic mass is 10.1. The van der Waals surface area contributed by atoms with E-state index in [9.17, 15) is 25.0 Å². The molecule has 25 heavy (non-hydrogen) atoms. The van der Waals surface area contributed by atoms with Crippen molar-refractivity contribution in [1.82, 2.24) is 14.9 Å². The highest BCUT2D eigenvalue weighted by Crippen LogP contribution is 2.22. The quantitative estimate of drug-likeness (QED) is 0.559. The van der Waals surface area contributed by atoms with Crippen molar-refractivity contribution in [2.24, 2.45) is 0 Å². The van der Waals surface area contributed by atoms with E-state index in [2.05, 4.69) is 10.3 Å². The van der Waals surface area contributed by atoms with Gasteiger partial charge in [-0.1, -0.05) is 12.1 Å². The fraction of sp³-hybridized carbons (Fsp3) is 0.0667. The summed E-state index contributed by atoms with van der Waals surface area (Å²) in [5.74, 6) is -0.662. The fourth-order valence-corrected chi connectivity index (χ4v) is 2.33. The van der Waals surface area contributed by atoms with Crippen LogP contribution in [0, 0.1) is 20.2 Å². The van der Waals surface area contributed by atoms with Crippen LogP contribution in [-0.2, 0) is 6.67 Å². The van der Waals surface area contributed by atoms with Gasteiger partial charge < -0.3 is 9.88 Å². The molecule has 0 saturated carbocycles. The number of nitro benzene ring substituents is 2. The summed E-state index contributed by atoms with van der Waals surface area (Å²) in [4.78, 5) is 36.6. The van der Waals surface area contributed by atoms with Gasteiger partial charge in [-0.25, -0.2) is 4.98 Å². The molecular weight excluding hydrogens is 330 g/mol. The Balaban J connectivity index is 1.83. The number of hydrogen-bond donors (Lipinski definition) is 1. The standard InChI is InChI=1S/C15H11N5O5/c21-15(10-5-11(19(22)23)7-12(6-10)20(24)25)17-9-18-8-16-13-3-1-2-4-14(13)18/h1-8H,9H2,(H,17,21). The second-order valence-corrected chi connectivity index (χ2v) is 5.12. The van der Waals surface area contributed by atoms with Crippen molar-refractivity contribution < 1.29 is 14.6 Å². The largest absolute Gasteiger partial charge is 0.334 e. The summed E-state index contributed by atoms with van der Waals surface area (Å²) in [6.45, 7) is 0.0653. The van der Waals surface area contributed by atoms with Gasteiger partial charge in [0.25, 0.3) is 17.3 Å². The van der Waals surface area contributed by atoms with Gasteiger partial charge in [0.1, 0.15) is 0 Å². The Kier molecular flexibility index (Phi) is 4.08. The lowest BCUT2D eigenvalue weighted by Crippen LogP contribution is -2.26. The zero-order valence-electron chi connectivity index (χ0n) is 12.7. The van der Waals surface area contributed by atoms with Gasteiger partial charge in [-0.15, -0.1) is 0 Å². The molecule has 1 N–H and O–H groups in total. The number of carbonyl (C=O) groups is 1. The van der Waals surface area contributed by atoms with Crippen LogP contribution >= 0.6 is 0 Å². The Morgan fingerprint density at radius 2 is 1.72 bits per heavy atom. The summed E-state index contributed by atoms with van der Waals surface area (Å²) in [6, 6.07) is 10.1. The minimum atomic E-state index is -0.785. The third-order valence-electron chi connectivity index (χ3n) is 3.52. The SMILES string of the molecule is O=C(NCn1cnc2ccccc21)c1cc([N+](=O)[O-])cc([N+](=O)[O-])c1. The van der Waals surface area contributed by atoms with Crippen LogP contribution in [0.1, 0.15) is 10.4 Å². The van der Waals surface area contributed by atoms with Crippen molar-refractivity contribution in [2.75, 3.05) is 0 Å². The van der Waals surface area contributed by atoms with Gasteiger partial charge in [-0.2, -0.15) is 0 Å². The van der Waals surface area contributed by atoms with E-state index in [1.165, 1.54) is 0 Å². The number of nitro groups is 2. The maximum Gasteiger partial charge on any atom is 0.277 e. The van der Waals surface area contributed by atoms with Gasteiger partial charge in [-0.3, -0.25) is 25.0 Å². The summed E-state index contributed by atoms with van der Waals surface area (Å²) in [5.41, 5.74) is 0.348. The molecule has 0 aliphatic carbocycles. The molecule has 126 valence electrons. The van der Waals surface area contributed by atoms with Gasteiger partial charge >= 0.3 is 0 Å². The Morgan fingerprint density at radius 3 is 2.36 bits per heavy atom. The molecule has 1 heterocycles. The molecule has 0 aliphatic rings. The first-order valence-electron chi connectivity index (χ1n) is 7.07. The smallest absolute Gasteiger partial charge is 0.277 e. The number of nitrogens with zero attached hydrogens (tertiary/aromatic N) is 4. The maximum atomic E-state index is 12.2. The van der Waals surface area contributed by atoms with Crippen LogP contribution in [-0.4, -0.2) is 25.3 Å². The zero-order valence-corrected chi connectivity index (χ0v) is 12.7. The van der Waals surface area contributed by atoms with Crippen molar-refractivity contribution >= 4 is 28.3 Å². The topological polar surface area (TPSA) is 133 Å². The van der Waals surface area contributed by atoms with Crippen LogP contribution < -0.4 is 5.32 Å². The highest BCUT2D eigenvalue weighted by molar-refractivity contribution is 5.95. The third-order valence-corrected chi connectivity index (χ3v) is 3.52. The van der Waals surface area contributed by atoms with E-state index >= 15 is 0 Å². The highest BCUT2D eigenvalue weighted by atomic mass is 16.6. The molecule has 10 heteroatoms. The average Bonchev–Trinajstić information content (AvgIpc) is 3.02. The summed E-state index contributed by atoms with van der Waals surface area (Å²) in [7, 11) is 0. The van der Waals surface area contributed by atoms with Gasteiger partial charge in [0, 0.05) is 12.1 Å². The summed E-state index contributed by atoms with van der Waals surface area (Å²) < 4.78 is 1.68. The molecule has 0 bridgehead atoms. The predicted octanol–water partition coefficient (Wildman–Crippen LogP) is 2.24. The lowest BCUT2D eigenvalue weighted by Gasteiger charge is -2.07. The maximum absolute atomic E-state index is 12.2. The minimum absolute atomic E-state index is 0.0653. The predicted molar refractivity (Wildman–Crippen MR) is 87.0 cm³/mol. The van der Waals surface area contributed by atoms with Crippen LogP contribution in [0.3, 0.4) is 0 Å². The van der Waals surface area contributed by atoms with Crippen molar-refractivity contribution in [3.63, 3.8) is 0 Å². The Bertz CT molecular complexity index is 965. The molecule has 0 radical (unpaired) electrons. The number of hydrogen-bond acceptors (Lipinski definition) is 6. The van der Waals surface area contributed by atoms with Crippen molar-refractivity contribution in [3.8, 4) is 0 Å². The molecule has 3 aromatic rings. The average molecular weight is 341 g/mol. The van der Waals surface area contributed by atoms with Crippen molar-refractivity contribution in [1.29, 1.82) is 0 Å². The van der Waals surface area contributed by atoms with E-state index < -0.39 is 27.1 Å². The van der Waals surface area contributed by atoms with Crippen molar-refractivity contribution in [2.45, 2.75) is 6.67 Å². The van der Waals surface area contributed by atoms with E-state index in [0.717, 1.165) is 29.2 Å². The van der Waals surface area contributed by atoms with Gasteiger partial charge in [0.05, 0.1) is 45.5 Å². The molecular formula is C15H11N5O5. The van der Waals surface area contributed by atoms with Crippen LogP contribution in [0.5, 0.6) is 0 Å². The first-order valence-corrected chi connectivity index (χ1v) is 7.07. The fourth-order valence-electron chi connectivity index (χ4n) is 2.33. The Morgan fingerprint density at radius 1 is 1.08 bits per heavy atom. The number of aromatic nitrogens is 2. The van der Waals surface area contributed by atoms with Crippen LogP contribution in [0.15, 0.2) is 48.8 Å². The number of imidazole rings is 1. The third kappa shape index (κ3) is 3.27. The first-order chi connectivity index (χ1) is 12.0. The highest BCUT2D eigenvalue weighted by Gasteiger charge is 2.19. The first kappa shape index (κ1) is 16.1. The van der Waals surface area contributed by atoms with Gasteiger partial charge in [-0.05, 0) is 12.1 Å². The number of nitrogens with one attached hydrogen (secondary N) is 1. The van der Waals surface area contributed by atoms with Gasteiger partial charge in [0.2, 0.25) is 0 Å². The number of para-hydroxylation sites is 2. The second kappa shape index (κ2) is 6.35. The van der Waals surface area contributed by atoms with Gasteiger partial charge in [0.15, 0.2) is 0 Å². The number of benzene rings is 2. The molecule has 0 fully saturated rings. The molecule has 0 aliphatic heterocycles. The molecule has 0 saturated heterocycles. The zero-order chi connectivity index (χ0) is 18.0.